The van der Waals surface area contributed by atoms with Crippen molar-refractivity contribution >= 4 is 5.91 Å². The summed E-state index contributed by atoms with van der Waals surface area (Å²) in [6.07, 6.45) is 4.25. The molecule has 2 unspecified atom stereocenters. The van der Waals surface area contributed by atoms with Gasteiger partial charge in [-0.15, -0.1) is 0 Å². The molecule has 106 valence electrons. The minimum absolute atomic E-state index is 0.0382. The monoisotopic (exact) mass is 265 g/mol. The fraction of sp³-hybridized carbons (Fsp3) is 0.667. The number of carbonyl (C=O) groups excluding carboxylic acids is 1. The summed E-state index contributed by atoms with van der Waals surface area (Å²) in [5, 5.41) is 12.5. The first-order valence-corrected chi connectivity index (χ1v) is 7.07. The van der Waals surface area contributed by atoms with E-state index in [1.54, 1.807) is 6.26 Å². The number of hydrogen-bond acceptors (Lipinski definition) is 3. The van der Waals surface area contributed by atoms with Gasteiger partial charge in [0.1, 0.15) is 5.76 Å². The molecule has 0 bridgehead atoms. The second kappa shape index (κ2) is 5.78. The second-order valence-electron chi connectivity index (χ2n) is 5.55. The van der Waals surface area contributed by atoms with Crippen LogP contribution in [-0.2, 0) is 4.79 Å². The molecule has 1 heterocycles. The fourth-order valence-corrected chi connectivity index (χ4v) is 2.49. The van der Waals surface area contributed by atoms with Crippen LogP contribution in [0.15, 0.2) is 22.8 Å². The Kier molecular flexibility index (Phi) is 4.30. The number of hydrogen-bond donors (Lipinski definition) is 2. The van der Waals surface area contributed by atoms with E-state index in [1.807, 2.05) is 12.1 Å². The zero-order valence-electron chi connectivity index (χ0n) is 11.7. The molecule has 0 aliphatic heterocycles. The van der Waals surface area contributed by atoms with Gasteiger partial charge in [-0.3, -0.25) is 4.79 Å². The maximum Gasteiger partial charge on any atom is 0.223 e. The number of nitrogens with one attached hydrogen (secondary N) is 1. The molecule has 0 spiro atoms. The van der Waals surface area contributed by atoms with Gasteiger partial charge >= 0.3 is 0 Å². The van der Waals surface area contributed by atoms with E-state index < -0.39 is 0 Å². The van der Waals surface area contributed by atoms with Crippen molar-refractivity contribution in [1.29, 1.82) is 0 Å². The summed E-state index contributed by atoms with van der Waals surface area (Å²) in [6, 6.07) is 3.78. The van der Waals surface area contributed by atoms with E-state index in [9.17, 15) is 9.90 Å². The molecule has 4 heteroatoms. The van der Waals surface area contributed by atoms with E-state index in [4.69, 9.17) is 4.42 Å². The molecule has 2 atom stereocenters. The molecule has 1 amide bonds. The molecule has 1 aliphatic carbocycles. The van der Waals surface area contributed by atoms with E-state index >= 15 is 0 Å². The highest BCUT2D eigenvalue weighted by Crippen LogP contribution is 2.47. The predicted molar refractivity (Wildman–Crippen MR) is 72.7 cm³/mol. The molecule has 2 rings (SSSR count). The summed E-state index contributed by atoms with van der Waals surface area (Å²) in [6.45, 7) is 4.77. The predicted octanol–water partition coefficient (Wildman–Crippen LogP) is 2.30. The van der Waals surface area contributed by atoms with Crippen LogP contribution in [0.3, 0.4) is 0 Å². The van der Waals surface area contributed by atoms with Gasteiger partial charge in [0.25, 0.3) is 0 Å². The molecule has 0 saturated heterocycles. The Labute approximate surface area is 114 Å². The van der Waals surface area contributed by atoms with Crippen molar-refractivity contribution in [3.63, 3.8) is 0 Å². The summed E-state index contributed by atoms with van der Waals surface area (Å²) in [4.78, 5) is 12.1. The zero-order chi connectivity index (χ0) is 13.9. The minimum atomic E-state index is -0.176. The first-order chi connectivity index (χ1) is 9.15. The van der Waals surface area contributed by atoms with Crippen LogP contribution < -0.4 is 5.32 Å². The van der Waals surface area contributed by atoms with Gasteiger partial charge in [0.2, 0.25) is 5.91 Å². The van der Waals surface area contributed by atoms with Crippen molar-refractivity contribution in [2.75, 3.05) is 13.2 Å². The van der Waals surface area contributed by atoms with Gasteiger partial charge in [-0.2, -0.15) is 0 Å². The summed E-state index contributed by atoms with van der Waals surface area (Å²) < 4.78 is 5.33. The first-order valence-electron chi connectivity index (χ1n) is 7.07. The summed E-state index contributed by atoms with van der Waals surface area (Å²) in [7, 11) is 0. The molecular formula is C15H23NO3. The maximum absolute atomic E-state index is 12.1. The molecule has 1 aliphatic rings. The molecule has 1 aromatic rings. The number of furan rings is 1. The Hall–Kier alpha value is -1.29. The van der Waals surface area contributed by atoms with E-state index in [0.717, 1.165) is 25.0 Å². The van der Waals surface area contributed by atoms with E-state index in [2.05, 4.69) is 19.2 Å². The van der Waals surface area contributed by atoms with E-state index in [-0.39, 0.29) is 29.8 Å². The lowest BCUT2D eigenvalue weighted by atomic mass is 9.83. The van der Waals surface area contributed by atoms with Crippen molar-refractivity contribution in [1.82, 2.24) is 5.32 Å². The quantitative estimate of drug-likeness (QED) is 0.795. The van der Waals surface area contributed by atoms with Crippen LogP contribution in [0.1, 0.15) is 44.8 Å². The SMILES string of the molecule is CCC(CC)(CO)CNC(=O)C1CC1c1ccco1. The minimum Gasteiger partial charge on any atom is -0.469 e. The van der Waals surface area contributed by atoms with Crippen LogP contribution in [0.5, 0.6) is 0 Å². The molecule has 19 heavy (non-hydrogen) atoms. The van der Waals surface area contributed by atoms with Crippen LogP contribution in [0.25, 0.3) is 0 Å². The van der Waals surface area contributed by atoms with Crippen molar-refractivity contribution in [3.05, 3.63) is 24.2 Å². The van der Waals surface area contributed by atoms with Crippen LogP contribution in [0, 0.1) is 11.3 Å². The van der Waals surface area contributed by atoms with Gasteiger partial charge in [-0.05, 0) is 31.4 Å². The lowest BCUT2D eigenvalue weighted by Crippen LogP contribution is -2.40. The molecule has 1 fully saturated rings. The van der Waals surface area contributed by atoms with Gasteiger partial charge < -0.3 is 14.8 Å². The molecule has 2 N–H and O–H groups in total. The number of rotatable bonds is 7. The van der Waals surface area contributed by atoms with Crippen molar-refractivity contribution < 1.29 is 14.3 Å². The average molecular weight is 265 g/mol. The topological polar surface area (TPSA) is 62.5 Å². The molecule has 4 nitrogen and oxygen atoms in total. The van der Waals surface area contributed by atoms with Crippen molar-refractivity contribution in [2.24, 2.45) is 11.3 Å². The molecule has 0 aromatic carbocycles. The Bertz CT molecular complexity index is 401. The van der Waals surface area contributed by atoms with Crippen molar-refractivity contribution in [2.45, 2.75) is 39.0 Å². The van der Waals surface area contributed by atoms with Crippen LogP contribution in [0.2, 0.25) is 0 Å². The first kappa shape index (κ1) is 14.1. The Morgan fingerprint density at radius 1 is 1.53 bits per heavy atom. The molecule has 1 saturated carbocycles. The van der Waals surface area contributed by atoms with Crippen LogP contribution in [-0.4, -0.2) is 24.2 Å². The van der Waals surface area contributed by atoms with Gasteiger partial charge in [0.15, 0.2) is 0 Å². The number of carbonyl (C=O) groups is 1. The Morgan fingerprint density at radius 3 is 2.79 bits per heavy atom. The third-order valence-electron chi connectivity index (χ3n) is 4.51. The van der Waals surface area contributed by atoms with Crippen LogP contribution in [0.4, 0.5) is 0 Å². The smallest absolute Gasteiger partial charge is 0.223 e. The van der Waals surface area contributed by atoms with Gasteiger partial charge in [-0.25, -0.2) is 0 Å². The van der Waals surface area contributed by atoms with Crippen molar-refractivity contribution in [3.8, 4) is 0 Å². The molecular weight excluding hydrogens is 242 g/mol. The van der Waals surface area contributed by atoms with Gasteiger partial charge in [-0.1, -0.05) is 13.8 Å². The lowest BCUT2D eigenvalue weighted by Gasteiger charge is -2.29. The number of aliphatic hydroxyl groups is 1. The molecule has 0 radical (unpaired) electrons. The third kappa shape index (κ3) is 3.00. The van der Waals surface area contributed by atoms with Gasteiger partial charge in [0.05, 0.1) is 12.9 Å². The lowest BCUT2D eigenvalue weighted by molar-refractivity contribution is -0.123. The average Bonchev–Trinajstić information content (AvgIpc) is 3.07. The van der Waals surface area contributed by atoms with Crippen LogP contribution >= 0.6 is 0 Å². The highest BCUT2D eigenvalue weighted by atomic mass is 16.3. The zero-order valence-corrected chi connectivity index (χ0v) is 11.7. The Morgan fingerprint density at radius 2 is 2.26 bits per heavy atom. The summed E-state index contributed by atoms with van der Waals surface area (Å²) in [5.41, 5.74) is -0.176. The maximum atomic E-state index is 12.1. The standard InChI is InChI=1S/C15H23NO3/c1-3-15(4-2,10-17)9-16-14(18)12-8-11(12)13-6-5-7-19-13/h5-7,11-12,17H,3-4,8-10H2,1-2H3,(H,16,18). The second-order valence-corrected chi connectivity index (χ2v) is 5.55. The highest BCUT2D eigenvalue weighted by Gasteiger charge is 2.46. The normalized spacial score (nSPS) is 22.3. The van der Waals surface area contributed by atoms with E-state index in [0.29, 0.717) is 6.54 Å². The third-order valence-corrected chi connectivity index (χ3v) is 4.51. The Balaban J connectivity index is 1.83. The number of amides is 1. The highest BCUT2D eigenvalue weighted by molar-refractivity contribution is 5.82. The largest absolute Gasteiger partial charge is 0.469 e. The van der Waals surface area contributed by atoms with Gasteiger partial charge in [0, 0.05) is 23.8 Å². The number of aliphatic hydroxyl groups excluding tert-OH is 1. The fourth-order valence-electron chi connectivity index (χ4n) is 2.49. The van der Waals surface area contributed by atoms with E-state index in [1.165, 1.54) is 0 Å². The molecule has 1 aromatic heterocycles. The summed E-state index contributed by atoms with van der Waals surface area (Å²) in [5.74, 6) is 1.26. The summed E-state index contributed by atoms with van der Waals surface area (Å²) >= 11 is 0.